The van der Waals surface area contributed by atoms with Gasteiger partial charge in [0.25, 0.3) is 0 Å². The summed E-state index contributed by atoms with van der Waals surface area (Å²) in [5, 5.41) is 9.25. The Morgan fingerprint density at radius 2 is 1.94 bits per heavy atom. The zero-order valence-corrected chi connectivity index (χ0v) is 18.8. The second kappa shape index (κ2) is 9.44. The first kappa shape index (κ1) is 21.2. The van der Waals surface area contributed by atoms with Crippen LogP contribution in [0.25, 0.3) is 27.3 Å². The van der Waals surface area contributed by atoms with E-state index in [4.69, 9.17) is 10.5 Å². The van der Waals surface area contributed by atoms with Gasteiger partial charge in [0.15, 0.2) is 0 Å². The maximum atomic E-state index is 12.3. The van der Waals surface area contributed by atoms with Crippen molar-refractivity contribution in [2.24, 2.45) is 0 Å². The first-order chi connectivity index (χ1) is 16.2. The van der Waals surface area contributed by atoms with Gasteiger partial charge in [0.05, 0.1) is 0 Å². The number of fused-ring (bicyclic) bond motifs is 1. The van der Waals surface area contributed by atoms with Gasteiger partial charge in [0.1, 0.15) is 17.3 Å². The minimum Gasteiger partial charge on any atom is -0.457 e. The topological polar surface area (TPSA) is 89.3 Å². The van der Waals surface area contributed by atoms with Gasteiger partial charge in [0, 0.05) is 46.1 Å². The number of carbonyl (C=O) groups is 1. The number of aromatic nitrogens is 1. The molecule has 4 aromatic rings. The smallest absolute Gasteiger partial charge is 0.244 e. The Balaban J connectivity index is 1.38. The molecule has 0 unspecified atom stereocenters. The number of rotatable bonds is 6. The van der Waals surface area contributed by atoms with Gasteiger partial charge in [-0.2, -0.15) is 0 Å². The Labute approximate surface area is 196 Å². The van der Waals surface area contributed by atoms with Crippen LogP contribution < -0.4 is 21.1 Å². The second-order valence-electron chi connectivity index (χ2n) is 7.92. The van der Waals surface area contributed by atoms with Crippen LogP contribution in [0, 0.1) is 0 Å². The number of pyridine rings is 1. The molecule has 0 saturated carbocycles. The van der Waals surface area contributed by atoms with Crippen molar-refractivity contribution in [1.82, 2.24) is 15.6 Å². The molecule has 1 fully saturated rings. The molecule has 0 bridgehead atoms. The lowest BCUT2D eigenvalue weighted by molar-refractivity contribution is -0.117. The molecule has 4 N–H and O–H groups in total. The number of hydrogen-bond donors (Lipinski definition) is 3. The summed E-state index contributed by atoms with van der Waals surface area (Å²) in [6.45, 7) is 1.76. The molecule has 0 aliphatic carbocycles. The molecule has 2 aromatic heterocycles. The molecule has 1 aliphatic rings. The summed E-state index contributed by atoms with van der Waals surface area (Å²) < 4.78 is 6.91. The fraction of sp³-hybridized carbons (Fsp3) is 0.154. The highest BCUT2D eigenvalue weighted by atomic mass is 32.1. The molecule has 0 spiro atoms. The lowest BCUT2D eigenvalue weighted by Crippen LogP contribution is -2.34. The maximum absolute atomic E-state index is 12.3. The summed E-state index contributed by atoms with van der Waals surface area (Å²) in [6, 6.07) is 17.8. The fourth-order valence-corrected chi connectivity index (χ4v) is 5.02. The number of nitrogen functional groups attached to an aromatic ring is 1. The van der Waals surface area contributed by atoms with Crippen LogP contribution in [0.4, 0.5) is 5.82 Å². The zero-order chi connectivity index (χ0) is 22.6. The highest BCUT2D eigenvalue weighted by Gasteiger charge is 2.16. The number of thiophene rings is 1. The van der Waals surface area contributed by atoms with Crippen LogP contribution in [0.2, 0.25) is 0 Å². The van der Waals surface area contributed by atoms with Crippen molar-refractivity contribution >= 4 is 39.2 Å². The van der Waals surface area contributed by atoms with E-state index in [1.807, 2.05) is 60.7 Å². The number of amides is 1. The molecular formula is C26H24N4O2S. The van der Waals surface area contributed by atoms with Crippen LogP contribution in [0.5, 0.6) is 11.5 Å². The lowest BCUT2D eigenvalue weighted by Gasteiger charge is -2.08. The highest BCUT2D eigenvalue weighted by Crippen LogP contribution is 2.39. The van der Waals surface area contributed by atoms with Crippen LogP contribution in [0.3, 0.4) is 0 Å². The Hall–Kier alpha value is -3.68. The first-order valence-corrected chi connectivity index (χ1v) is 11.7. The molecule has 3 heterocycles. The van der Waals surface area contributed by atoms with E-state index in [0.29, 0.717) is 5.82 Å². The molecule has 1 atom stereocenters. The van der Waals surface area contributed by atoms with E-state index < -0.39 is 0 Å². The molecule has 5 rings (SSSR count). The van der Waals surface area contributed by atoms with Crippen molar-refractivity contribution in [2.75, 3.05) is 18.8 Å². The number of nitrogens with zero attached hydrogens (tertiary/aromatic N) is 1. The fourth-order valence-electron chi connectivity index (χ4n) is 3.94. The Morgan fingerprint density at radius 1 is 1.15 bits per heavy atom. The summed E-state index contributed by atoms with van der Waals surface area (Å²) >= 11 is 1.60. The van der Waals surface area contributed by atoms with Gasteiger partial charge < -0.3 is 21.1 Å². The molecule has 166 valence electrons. The second-order valence-corrected chi connectivity index (χ2v) is 8.80. The largest absolute Gasteiger partial charge is 0.457 e. The van der Waals surface area contributed by atoms with Crippen molar-refractivity contribution in [2.45, 2.75) is 12.5 Å². The first-order valence-electron chi connectivity index (χ1n) is 10.9. The number of carbonyl (C=O) groups excluding carboxylic acids is 1. The average molecular weight is 457 g/mol. The standard InChI is InChI=1S/C26H24N4O2S/c27-26-24-22(17-6-9-21(10-7-17)32-20-4-2-1-3-5-20)16-33-25(24)18(14-29-26)8-11-23(31)30-19-12-13-28-15-19/h1-11,14,16,19,28H,12-13,15H2,(H2,27,29)(H,30,31)/b11-8+/t19-/m1/s1. The molecule has 1 amide bonds. The van der Waals surface area contributed by atoms with Gasteiger partial charge in [-0.25, -0.2) is 4.98 Å². The van der Waals surface area contributed by atoms with Crippen LogP contribution in [0.15, 0.2) is 72.3 Å². The number of ether oxygens (including phenoxy) is 1. The normalized spacial score (nSPS) is 15.8. The van der Waals surface area contributed by atoms with Crippen LogP contribution >= 0.6 is 11.3 Å². The lowest BCUT2D eigenvalue weighted by atomic mass is 10.0. The summed E-state index contributed by atoms with van der Waals surface area (Å²) in [5.74, 6) is 1.94. The molecule has 7 heteroatoms. The molecule has 1 aliphatic heterocycles. The SMILES string of the molecule is Nc1ncc(/C=C/C(=O)N[C@@H]2CCNC2)c2scc(-c3ccc(Oc4ccccc4)cc3)c12. The van der Waals surface area contributed by atoms with Gasteiger partial charge in [-0.05, 0) is 54.3 Å². The molecule has 33 heavy (non-hydrogen) atoms. The van der Waals surface area contributed by atoms with E-state index in [9.17, 15) is 4.79 Å². The minimum absolute atomic E-state index is 0.0977. The van der Waals surface area contributed by atoms with Crippen molar-refractivity contribution < 1.29 is 9.53 Å². The number of para-hydroxylation sites is 1. The molecule has 6 nitrogen and oxygen atoms in total. The van der Waals surface area contributed by atoms with Crippen molar-refractivity contribution in [3.63, 3.8) is 0 Å². The van der Waals surface area contributed by atoms with E-state index in [1.165, 1.54) is 0 Å². The third-order valence-corrected chi connectivity index (χ3v) is 6.65. The predicted octanol–water partition coefficient (Wildman–Crippen LogP) is 4.83. The van der Waals surface area contributed by atoms with E-state index in [-0.39, 0.29) is 11.9 Å². The molecule has 2 aromatic carbocycles. The van der Waals surface area contributed by atoms with Gasteiger partial charge in [0.2, 0.25) is 5.91 Å². The van der Waals surface area contributed by atoms with Gasteiger partial charge in [-0.1, -0.05) is 30.3 Å². The Bertz CT molecular complexity index is 1290. The molecule has 1 saturated heterocycles. The minimum atomic E-state index is -0.0977. The van der Waals surface area contributed by atoms with E-state index >= 15 is 0 Å². The number of anilines is 1. The summed E-state index contributed by atoms with van der Waals surface area (Å²) in [5.41, 5.74) is 9.19. The highest BCUT2D eigenvalue weighted by molar-refractivity contribution is 7.18. The van der Waals surface area contributed by atoms with Crippen LogP contribution in [0.1, 0.15) is 12.0 Å². The zero-order valence-electron chi connectivity index (χ0n) is 18.0. The van der Waals surface area contributed by atoms with Gasteiger partial charge in [-0.3, -0.25) is 4.79 Å². The Morgan fingerprint density at radius 3 is 2.70 bits per heavy atom. The molecular weight excluding hydrogens is 432 g/mol. The summed E-state index contributed by atoms with van der Waals surface area (Å²) in [4.78, 5) is 16.7. The number of nitrogens with one attached hydrogen (secondary N) is 2. The third-order valence-electron chi connectivity index (χ3n) is 5.62. The third kappa shape index (κ3) is 4.74. The number of benzene rings is 2. The van der Waals surface area contributed by atoms with Crippen molar-refractivity contribution in [3.05, 3.63) is 77.8 Å². The number of nitrogens with two attached hydrogens (primary N) is 1. The summed E-state index contributed by atoms with van der Waals surface area (Å²) in [6.07, 6.45) is 6.05. The molecule has 0 radical (unpaired) electrons. The monoisotopic (exact) mass is 456 g/mol. The summed E-state index contributed by atoms with van der Waals surface area (Å²) in [7, 11) is 0. The average Bonchev–Trinajstić information content (AvgIpc) is 3.51. The Kier molecular flexibility index (Phi) is 6.06. The van der Waals surface area contributed by atoms with Crippen LogP contribution in [-0.4, -0.2) is 30.0 Å². The van der Waals surface area contributed by atoms with Crippen molar-refractivity contribution in [3.8, 4) is 22.6 Å². The van der Waals surface area contributed by atoms with E-state index in [2.05, 4.69) is 21.0 Å². The van der Waals surface area contributed by atoms with E-state index in [0.717, 1.165) is 57.8 Å². The predicted molar refractivity (Wildman–Crippen MR) is 134 cm³/mol. The van der Waals surface area contributed by atoms with Crippen molar-refractivity contribution in [1.29, 1.82) is 0 Å². The van der Waals surface area contributed by atoms with Gasteiger partial charge >= 0.3 is 0 Å². The quantitative estimate of drug-likeness (QED) is 0.362. The van der Waals surface area contributed by atoms with Gasteiger partial charge in [-0.15, -0.1) is 11.3 Å². The van der Waals surface area contributed by atoms with Crippen LogP contribution in [-0.2, 0) is 4.79 Å². The number of hydrogen-bond acceptors (Lipinski definition) is 6. The maximum Gasteiger partial charge on any atom is 0.244 e. The van der Waals surface area contributed by atoms with E-state index in [1.54, 1.807) is 23.6 Å².